The van der Waals surface area contributed by atoms with E-state index >= 15 is 0 Å². The number of thioether (sulfide) groups is 1. The Hall–Kier alpha value is -0.810. The fourth-order valence-corrected chi connectivity index (χ4v) is 1.88. The molecule has 5 heteroatoms. The first-order valence-corrected chi connectivity index (χ1v) is 5.94. The van der Waals surface area contributed by atoms with Crippen molar-refractivity contribution in [2.24, 2.45) is 0 Å². The van der Waals surface area contributed by atoms with Crippen LogP contribution in [0.5, 0.6) is 0 Å². The van der Waals surface area contributed by atoms with Gasteiger partial charge >= 0.3 is 0 Å². The summed E-state index contributed by atoms with van der Waals surface area (Å²) in [6.07, 6.45) is 3.67. The van der Waals surface area contributed by atoms with Gasteiger partial charge in [-0.25, -0.2) is 9.97 Å². The van der Waals surface area contributed by atoms with Gasteiger partial charge in [-0.05, 0) is 6.26 Å². The highest BCUT2D eigenvalue weighted by molar-refractivity contribution is 7.98. The molecule has 0 bridgehead atoms. The van der Waals surface area contributed by atoms with Crippen LogP contribution in [0, 0.1) is 0 Å². The van der Waals surface area contributed by atoms with Crippen molar-refractivity contribution in [1.29, 1.82) is 0 Å². The Balaban J connectivity index is 2.13. The van der Waals surface area contributed by atoms with Gasteiger partial charge in [0.05, 0.1) is 0 Å². The molecule has 0 spiro atoms. The van der Waals surface area contributed by atoms with Gasteiger partial charge in [0.15, 0.2) is 0 Å². The Morgan fingerprint density at radius 3 is 2.86 bits per heavy atom. The van der Waals surface area contributed by atoms with Crippen LogP contribution in [0.3, 0.4) is 0 Å². The van der Waals surface area contributed by atoms with Gasteiger partial charge < -0.3 is 10.2 Å². The summed E-state index contributed by atoms with van der Waals surface area (Å²) in [7, 11) is 0. The number of nitrogens with zero attached hydrogens (tertiary/aromatic N) is 3. The zero-order valence-electron chi connectivity index (χ0n) is 8.23. The van der Waals surface area contributed by atoms with Gasteiger partial charge in [0.2, 0.25) is 0 Å². The molecule has 4 nitrogen and oxygen atoms in total. The molecular weight excluding hydrogens is 196 g/mol. The van der Waals surface area contributed by atoms with E-state index in [2.05, 4.69) is 26.3 Å². The molecule has 0 unspecified atom stereocenters. The molecule has 1 saturated heterocycles. The van der Waals surface area contributed by atoms with E-state index in [-0.39, 0.29) is 0 Å². The highest BCUT2D eigenvalue weighted by Gasteiger charge is 2.11. The molecule has 0 aliphatic carbocycles. The first-order valence-electron chi connectivity index (χ1n) is 4.72. The topological polar surface area (TPSA) is 41.0 Å². The minimum atomic E-state index is 1.03. The predicted octanol–water partition coefficient (Wildman–Crippen LogP) is 0.608. The van der Waals surface area contributed by atoms with Crippen LogP contribution >= 0.6 is 11.8 Å². The standard InChI is InChI=1S/C9H14N4S/c1-14-9-6-8(11-7-12-9)13-4-2-10-3-5-13/h6-7,10H,2-5H2,1H3. The van der Waals surface area contributed by atoms with E-state index in [1.807, 2.05) is 6.26 Å². The average Bonchev–Trinajstić information content (AvgIpc) is 2.30. The van der Waals surface area contributed by atoms with E-state index in [4.69, 9.17) is 0 Å². The van der Waals surface area contributed by atoms with Gasteiger partial charge in [-0.1, -0.05) is 0 Å². The fraction of sp³-hybridized carbons (Fsp3) is 0.556. The van der Waals surface area contributed by atoms with Crippen LogP contribution in [0.4, 0.5) is 5.82 Å². The molecule has 1 fully saturated rings. The largest absolute Gasteiger partial charge is 0.354 e. The lowest BCUT2D eigenvalue weighted by molar-refractivity contribution is 0.584. The predicted molar refractivity (Wildman–Crippen MR) is 58.9 cm³/mol. The van der Waals surface area contributed by atoms with Crippen LogP contribution in [-0.2, 0) is 0 Å². The molecule has 1 N–H and O–H groups in total. The number of nitrogens with one attached hydrogen (secondary N) is 1. The Morgan fingerprint density at radius 2 is 2.14 bits per heavy atom. The Kier molecular flexibility index (Phi) is 3.21. The maximum absolute atomic E-state index is 4.28. The monoisotopic (exact) mass is 210 g/mol. The van der Waals surface area contributed by atoms with Crippen LogP contribution < -0.4 is 10.2 Å². The lowest BCUT2D eigenvalue weighted by Gasteiger charge is -2.28. The summed E-state index contributed by atoms with van der Waals surface area (Å²) in [6, 6.07) is 2.05. The van der Waals surface area contributed by atoms with Crippen molar-refractivity contribution >= 4 is 17.6 Å². The number of anilines is 1. The van der Waals surface area contributed by atoms with Crippen molar-refractivity contribution < 1.29 is 0 Å². The summed E-state index contributed by atoms with van der Waals surface area (Å²) in [6.45, 7) is 4.15. The summed E-state index contributed by atoms with van der Waals surface area (Å²) in [5.74, 6) is 1.05. The van der Waals surface area contributed by atoms with E-state index < -0.39 is 0 Å². The van der Waals surface area contributed by atoms with Crippen LogP contribution in [0.1, 0.15) is 0 Å². The molecule has 76 valence electrons. The molecular formula is C9H14N4S. The molecule has 1 aliphatic rings. The second-order valence-corrected chi connectivity index (χ2v) is 3.98. The maximum Gasteiger partial charge on any atom is 0.133 e. The lowest BCUT2D eigenvalue weighted by Crippen LogP contribution is -2.43. The fourth-order valence-electron chi connectivity index (χ4n) is 1.51. The highest BCUT2D eigenvalue weighted by atomic mass is 32.2. The number of hydrogen-bond acceptors (Lipinski definition) is 5. The Labute approximate surface area is 88.1 Å². The van der Waals surface area contributed by atoms with Crippen LogP contribution in [-0.4, -0.2) is 42.4 Å². The van der Waals surface area contributed by atoms with Gasteiger partial charge in [0.1, 0.15) is 17.2 Å². The summed E-state index contributed by atoms with van der Waals surface area (Å²) in [4.78, 5) is 10.7. The summed E-state index contributed by atoms with van der Waals surface area (Å²) >= 11 is 1.65. The number of rotatable bonds is 2. The van der Waals surface area contributed by atoms with Gasteiger partial charge in [-0.2, -0.15) is 0 Å². The number of piperazine rings is 1. The first kappa shape index (κ1) is 9.73. The molecule has 0 amide bonds. The molecule has 2 rings (SSSR count). The molecule has 0 atom stereocenters. The molecule has 0 aromatic carbocycles. The van der Waals surface area contributed by atoms with Gasteiger partial charge in [0, 0.05) is 32.2 Å². The second-order valence-electron chi connectivity index (χ2n) is 3.16. The lowest BCUT2D eigenvalue weighted by atomic mass is 10.3. The van der Waals surface area contributed by atoms with Crippen molar-refractivity contribution in [2.45, 2.75) is 5.03 Å². The van der Waals surface area contributed by atoms with Crippen molar-refractivity contribution in [2.75, 3.05) is 37.3 Å². The molecule has 1 aliphatic heterocycles. The van der Waals surface area contributed by atoms with E-state index in [0.29, 0.717) is 0 Å². The molecule has 14 heavy (non-hydrogen) atoms. The number of aromatic nitrogens is 2. The summed E-state index contributed by atoms with van der Waals surface area (Å²) < 4.78 is 0. The minimum absolute atomic E-state index is 1.03. The van der Waals surface area contributed by atoms with E-state index in [1.54, 1.807) is 18.1 Å². The zero-order valence-corrected chi connectivity index (χ0v) is 9.05. The normalized spacial score (nSPS) is 17.1. The maximum atomic E-state index is 4.28. The molecule has 0 radical (unpaired) electrons. The Morgan fingerprint density at radius 1 is 1.36 bits per heavy atom. The van der Waals surface area contributed by atoms with Crippen molar-refractivity contribution in [3.63, 3.8) is 0 Å². The van der Waals surface area contributed by atoms with E-state index in [0.717, 1.165) is 37.0 Å². The third-order valence-corrected chi connectivity index (χ3v) is 2.92. The van der Waals surface area contributed by atoms with Gasteiger partial charge in [-0.3, -0.25) is 0 Å². The molecule has 1 aromatic heterocycles. The van der Waals surface area contributed by atoms with Crippen molar-refractivity contribution in [3.8, 4) is 0 Å². The van der Waals surface area contributed by atoms with Gasteiger partial charge in [0.25, 0.3) is 0 Å². The molecule has 2 heterocycles. The smallest absolute Gasteiger partial charge is 0.133 e. The van der Waals surface area contributed by atoms with Crippen LogP contribution in [0.15, 0.2) is 17.4 Å². The average molecular weight is 210 g/mol. The van der Waals surface area contributed by atoms with Gasteiger partial charge in [-0.15, -0.1) is 11.8 Å². The Bertz CT molecular complexity index is 299. The minimum Gasteiger partial charge on any atom is -0.354 e. The van der Waals surface area contributed by atoms with E-state index in [1.165, 1.54) is 0 Å². The van der Waals surface area contributed by atoms with Crippen molar-refractivity contribution in [3.05, 3.63) is 12.4 Å². The quantitative estimate of drug-likeness (QED) is 0.572. The molecule has 1 aromatic rings. The molecule has 0 saturated carbocycles. The third kappa shape index (κ3) is 2.16. The summed E-state index contributed by atoms with van der Waals surface area (Å²) in [5.41, 5.74) is 0. The summed E-state index contributed by atoms with van der Waals surface area (Å²) in [5, 5.41) is 4.36. The van der Waals surface area contributed by atoms with Crippen LogP contribution in [0.25, 0.3) is 0 Å². The van der Waals surface area contributed by atoms with E-state index in [9.17, 15) is 0 Å². The zero-order chi connectivity index (χ0) is 9.80. The third-order valence-electron chi connectivity index (χ3n) is 2.28. The van der Waals surface area contributed by atoms with Crippen molar-refractivity contribution in [1.82, 2.24) is 15.3 Å². The first-order chi connectivity index (χ1) is 6.90. The SMILES string of the molecule is CSc1cc(N2CCNCC2)ncn1. The number of hydrogen-bond donors (Lipinski definition) is 1. The second kappa shape index (κ2) is 4.61. The van der Waals surface area contributed by atoms with Crippen LogP contribution in [0.2, 0.25) is 0 Å². The highest BCUT2D eigenvalue weighted by Crippen LogP contribution is 2.17.